The highest BCUT2D eigenvalue weighted by Gasteiger charge is 2.27. The van der Waals surface area contributed by atoms with Crippen LogP contribution < -0.4 is 0 Å². The van der Waals surface area contributed by atoms with Crippen LogP contribution in [-0.4, -0.2) is 59.5 Å². The highest BCUT2D eigenvalue weighted by atomic mass is 16.4. The maximum absolute atomic E-state index is 12.1. The van der Waals surface area contributed by atoms with Gasteiger partial charge < -0.3 is 10.0 Å². The van der Waals surface area contributed by atoms with Crippen LogP contribution in [0.15, 0.2) is 0 Å². The molecule has 0 aromatic rings. The van der Waals surface area contributed by atoms with Crippen molar-refractivity contribution in [3.8, 4) is 6.07 Å². The Hall–Kier alpha value is -1.61. The molecule has 0 atom stereocenters. The van der Waals surface area contributed by atoms with Crippen LogP contribution in [0.5, 0.6) is 0 Å². The molecule has 0 aromatic heterocycles. The van der Waals surface area contributed by atoms with Gasteiger partial charge in [-0.15, -0.1) is 0 Å². The van der Waals surface area contributed by atoms with E-state index in [0.717, 1.165) is 6.54 Å². The summed E-state index contributed by atoms with van der Waals surface area (Å²) in [6.07, 6.45) is 1.49. The van der Waals surface area contributed by atoms with E-state index in [1.54, 1.807) is 4.90 Å². The summed E-state index contributed by atoms with van der Waals surface area (Å²) in [5.41, 5.74) is 0. The fourth-order valence-electron chi connectivity index (χ4n) is 2.22. The smallest absolute Gasteiger partial charge is 0.306 e. The molecular weight excluding hydrogens is 246 g/mol. The van der Waals surface area contributed by atoms with Crippen LogP contribution in [0.1, 0.15) is 26.2 Å². The van der Waals surface area contributed by atoms with Crippen LogP contribution >= 0.6 is 0 Å². The number of nitriles is 1. The van der Waals surface area contributed by atoms with Crippen LogP contribution in [0.3, 0.4) is 0 Å². The van der Waals surface area contributed by atoms with Gasteiger partial charge >= 0.3 is 5.97 Å². The molecule has 1 aliphatic rings. The molecule has 6 nitrogen and oxygen atoms in total. The number of carboxylic acids is 1. The van der Waals surface area contributed by atoms with Crippen molar-refractivity contribution in [2.45, 2.75) is 26.2 Å². The van der Waals surface area contributed by atoms with Crippen LogP contribution in [0.2, 0.25) is 0 Å². The number of hydrogen-bond acceptors (Lipinski definition) is 4. The summed E-state index contributed by atoms with van der Waals surface area (Å²) >= 11 is 0. The molecule has 0 unspecified atom stereocenters. The molecule has 19 heavy (non-hydrogen) atoms. The fraction of sp³-hybridized carbons (Fsp3) is 0.769. The largest absolute Gasteiger partial charge is 0.481 e. The lowest BCUT2D eigenvalue weighted by Gasteiger charge is -2.31. The quantitative estimate of drug-likeness (QED) is 0.759. The summed E-state index contributed by atoms with van der Waals surface area (Å²) in [7, 11) is 0. The molecule has 1 rings (SSSR count). The van der Waals surface area contributed by atoms with Gasteiger partial charge in [0.25, 0.3) is 0 Å². The summed E-state index contributed by atoms with van der Waals surface area (Å²) in [5.74, 6) is -1.05. The highest BCUT2D eigenvalue weighted by Crippen LogP contribution is 2.17. The Balaban J connectivity index is 2.38. The first-order valence-electron chi connectivity index (χ1n) is 6.68. The zero-order chi connectivity index (χ0) is 14.3. The first-order chi connectivity index (χ1) is 9.08. The molecule has 1 aliphatic heterocycles. The third-order valence-corrected chi connectivity index (χ3v) is 3.54. The average Bonchev–Trinajstić information content (AvgIpc) is 2.43. The van der Waals surface area contributed by atoms with E-state index >= 15 is 0 Å². The molecule has 0 radical (unpaired) electrons. The second-order valence-electron chi connectivity index (χ2n) is 4.77. The van der Waals surface area contributed by atoms with Crippen molar-refractivity contribution in [3.05, 3.63) is 0 Å². The minimum atomic E-state index is -0.767. The molecule has 0 aromatic carbocycles. The van der Waals surface area contributed by atoms with E-state index in [2.05, 4.69) is 6.07 Å². The summed E-state index contributed by atoms with van der Waals surface area (Å²) in [6.45, 7) is 4.65. The van der Waals surface area contributed by atoms with Crippen molar-refractivity contribution in [2.24, 2.45) is 5.92 Å². The van der Waals surface area contributed by atoms with Crippen LogP contribution in [0.25, 0.3) is 0 Å². The third kappa shape index (κ3) is 4.87. The van der Waals surface area contributed by atoms with E-state index in [4.69, 9.17) is 10.4 Å². The number of aliphatic carboxylic acids is 1. The molecule has 0 bridgehead atoms. The molecule has 0 spiro atoms. The van der Waals surface area contributed by atoms with Gasteiger partial charge in [-0.25, -0.2) is 0 Å². The van der Waals surface area contributed by atoms with Gasteiger partial charge in [0.1, 0.15) is 0 Å². The van der Waals surface area contributed by atoms with Gasteiger partial charge in [-0.3, -0.25) is 14.5 Å². The van der Waals surface area contributed by atoms with Crippen molar-refractivity contribution in [2.75, 3.05) is 32.7 Å². The minimum Gasteiger partial charge on any atom is -0.481 e. The maximum atomic E-state index is 12.1. The molecule has 0 saturated carbocycles. The molecule has 0 aliphatic carbocycles. The van der Waals surface area contributed by atoms with E-state index in [-0.39, 0.29) is 11.8 Å². The van der Waals surface area contributed by atoms with E-state index in [0.29, 0.717) is 45.4 Å². The van der Waals surface area contributed by atoms with Crippen molar-refractivity contribution in [1.29, 1.82) is 5.26 Å². The molecule has 6 heteroatoms. The van der Waals surface area contributed by atoms with Gasteiger partial charge in [0, 0.05) is 26.1 Å². The Morgan fingerprint density at radius 1 is 1.42 bits per heavy atom. The lowest BCUT2D eigenvalue weighted by atomic mass is 9.97. The Morgan fingerprint density at radius 2 is 2.05 bits per heavy atom. The van der Waals surface area contributed by atoms with Gasteiger partial charge in [-0.1, -0.05) is 6.92 Å². The molecule has 1 heterocycles. The van der Waals surface area contributed by atoms with E-state index in [1.807, 2.05) is 11.8 Å². The summed E-state index contributed by atoms with van der Waals surface area (Å²) in [6, 6.07) is 2.07. The molecule has 1 fully saturated rings. The average molecular weight is 267 g/mol. The minimum absolute atomic E-state index is 0.0311. The third-order valence-electron chi connectivity index (χ3n) is 3.54. The Kier molecular flexibility index (Phi) is 6.30. The topological polar surface area (TPSA) is 84.6 Å². The zero-order valence-electron chi connectivity index (χ0n) is 11.3. The number of piperidine rings is 1. The van der Waals surface area contributed by atoms with Gasteiger partial charge in [-0.2, -0.15) is 5.26 Å². The van der Waals surface area contributed by atoms with E-state index in [9.17, 15) is 9.59 Å². The molecule has 1 N–H and O–H groups in total. The number of hydrogen-bond donors (Lipinski definition) is 1. The van der Waals surface area contributed by atoms with E-state index in [1.165, 1.54) is 0 Å². The van der Waals surface area contributed by atoms with Crippen molar-refractivity contribution < 1.29 is 14.7 Å². The number of likely N-dealkylation sites (tertiary alicyclic amines) is 1. The fourth-order valence-corrected chi connectivity index (χ4v) is 2.22. The monoisotopic (exact) mass is 267 g/mol. The normalized spacial score (nSPS) is 16.4. The number of carboxylic acid groups (broad SMARTS) is 1. The number of likely N-dealkylation sites (N-methyl/N-ethyl adjacent to an activating group) is 1. The van der Waals surface area contributed by atoms with Crippen LogP contribution in [0.4, 0.5) is 0 Å². The highest BCUT2D eigenvalue weighted by molar-refractivity contribution is 5.79. The lowest BCUT2D eigenvalue weighted by Crippen LogP contribution is -2.45. The Morgan fingerprint density at radius 3 is 2.53 bits per heavy atom. The van der Waals surface area contributed by atoms with Gasteiger partial charge in [0.15, 0.2) is 0 Å². The zero-order valence-corrected chi connectivity index (χ0v) is 11.3. The maximum Gasteiger partial charge on any atom is 0.306 e. The lowest BCUT2D eigenvalue weighted by molar-refractivity contribution is -0.145. The number of carbonyl (C=O) groups is 2. The predicted octanol–water partition coefficient (Wildman–Crippen LogP) is 0.545. The molecule has 1 amide bonds. The molecular formula is C13H21N3O3. The number of nitrogens with zero attached hydrogens (tertiary/aromatic N) is 3. The van der Waals surface area contributed by atoms with Crippen LogP contribution in [-0.2, 0) is 9.59 Å². The van der Waals surface area contributed by atoms with E-state index < -0.39 is 5.97 Å². The number of rotatable bonds is 6. The SMILES string of the molecule is CCN(CCC#N)CC(=O)N1CCC(C(=O)O)CC1. The second-order valence-corrected chi connectivity index (χ2v) is 4.77. The Labute approximate surface area is 113 Å². The van der Waals surface area contributed by atoms with Gasteiger partial charge in [0.2, 0.25) is 5.91 Å². The standard InChI is InChI=1S/C13H21N3O3/c1-2-15(7-3-6-14)10-12(17)16-8-4-11(5-9-16)13(18)19/h11H,2-5,7-10H2,1H3,(H,18,19). The first-order valence-corrected chi connectivity index (χ1v) is 6.68. The van der Waals surface area contributed by atoms with Crippen molar-refractivity contribution in [1.82, 2.24) is 9.80 Å². The number of carbonyl (C=O) groups excluding carboxylic acids is 1. The van der Waals surface area contributed by atoms with Gasteiger partial charge in [0.05, 0.1) is 18.5 Å². The summed E-state index contributed by atoms with van der Waals surface area (Å²) < 4.78 is 0. The molecule has 106 valence electrons. The number of amides is 1. The first kappa shape index (κ1) is 15.4. The predicted molar refractivity (Wildman–Crippen MR) is 69.3 cm³/mol. The Bertz CT molecular complexity index is 357. The van der Waals surface area contributed by atoms with Crippen LogP contribution in [0, 0.1) is 17.2 Å². The summed E-state index contributed by atoms with van der Waals surface area (Å²) in [4.78, 5) is 26.6. The molecule has 1 saturated heterocycles. The van der Waals surface area contributed by atoms with Crippen molar-refractivity contribution in [3.63, 3.8) is 0 Å². The summed E-state index contributed by atoms with van der Waals surface area (Å²) in [5, 5.41) is 17.4. The van der Waals surface area contributed by atoms with Crippen molar-refractivity contribution >= 4 is 11.9 Å². The second kappa shape index (κ2) is 7.74. The van der Waals surface area contributed by atoms with Gasteiger partial charge in [-0.05, 0) is 19.4 Å².